The van der Waals surface area contributed by atoms with E-state index in [4.69, 9.17) is 9.47 Å². The molecule has 0 saturated carbocycles. The maximum Gasteiger partial charge on any atom is 0.261 e. The minimum atomic E-state index is -4.14. The highest BCUT2D eigenvalue weighted by Gasteiger charge is 2.36. The van der Waals surface area contributed by atoms with Crippen molar-refractivity contribution in [2.45, 2.75) is 44.2 Å². The number of carbonyl (C=O) groups is 1. The van der Waals surface area contributed by atoms with Crippen LogP contribution in [0.1, 0.15) is 32.3 Å². The molecule has 0 spiro atoms. The molecule has 182 valence electrons. The van der Waals surface area contributed by atoms with Crippen LogP contribution in [0.3, 0.4) is 0 Å². The molecule has 0 aliphatic carbocycles. The number of hydroxylamine groups is 1. The predicted molar refractivity (Wildman–Crippen MR) is 121 cm³/mol. The number of benzene rings is 2. The van der Waals surface area contributed by atoms with Gasteiger partial charge in [0.1, 0.15) is 17.5 Å². The van der Waals surface area contributed by atoms with Crippen LogP contribution in [0, 0.1) is 5.92 Å². The maximum absolute atomic E-state index is 13.6. The van der Waals surface area contributed by atoms with Gasteiger partial charge in [-0.1, -0.05) is 26.0 Å². The SMILES string of the molecule is COc1ccc(CN([C@H](CC(C)C)C(=O)NO)S(=O)(=O)c2ccc(OCCCF)cc2)cc1. The topological polar surface area (TPSA) is 105 Å². The van der Waals surface area contributed by atoms with Gasteiger partial charge in [-0.3, -0.25) is 14.4 Å². The molecule has 0 aliphatic heterocycles. The van der Waals surface area contributed by atoms with Gasteiger partial charge in [-0.2, -0.15) is 4.31 Å². The quantitative estimate of drug-likeness (QED) is 0.257. The number of methoxy groups -OCH3 is 1. The van der Waals surface area contributed by atoms with Gasteiger partial charge in [0.15, 0.2) is 0 Å². The van der Waals surface area contributed by atoms with E-state index in [1.165, 1.54) is 31.4 Å². The lowest BCUT2D eigenvalue weighted by atomic mass is 10.0. The van der Waals surface area contributed by atoms with Gasteiger partial charge in [0.05, 0.1) is 25.3 Å². The number of sulfonamides is 1. The normalized spacial score (nSPS) is 12.6. The molecule has 33 heavy (non-hydrogen) atoms. The summed E-state index contributed by atoms with van der Waals surface area (Å²) in [4.78, 5) is 12.5. The average Bonchev–Trinajstić information content (AvgIpc) is 2.81. The number of amides is 1. The third kappa shape index (κ3) is 7.41. The van der Waals surface area contributed by atoms with Crippen molar-refractivity contribution in [3.8, 4) is 11.5 Å². The largest absolute Gasteiger partial charge is 0.497 e. The minimum Gasteiger partial charge on any atom is -0.497 e. The van der Waals surface area contributed by atoms with Gasteiger partial charge in [-0.15, -0.1) is 0 Å². The zero-order chi connectivity index (χ0) is 24.4. The fourth-order valence-electron chi connectivity index (χ4n) is 3.24. The molecule has 0 aliphatic rings. The highest BCUT2D eigenvalue weighted by molar-refractivity contribution is 7.89. The summed E-state index contributed by atoms with van der Waals surface area (Å²) in [5.41, 5.74) is 2.24. The Morgan fingerprint density at radius 2 is 1.70 bits per heavy atom. The third-order valence-corrected chi connectivity index (χ3v) is 6.80. The van der Waals surface area contributed by atoms with Crippen molar-refractivity contribution in [2.24, 2.45) is 5.92 Å². The second kappa shape index (κ2) is 12.5. The Morgan fingerprint density at radius 1 is 1.09 bits per heavy atom. The number of rotatable bonds is 13. The molecule has 0 aromatic heterocycles. The van der Waals surface area contributed by atoms with Gasteiger partial charge >= 0.3 is 0 Å². The van der Waals surface area contributed by atoms with Crippen LogP contribution < -0.4 is 15.0 Å². The summed E-state index contributed by atoms with van der Waals surface area (Å²) in [6.45, 7) is 3.31. The molecule has 8 nitrogen and oxygen atoms in total. The number of hydrogen-bond donors (Lipinski definition) is 2. The van der Waals surface area contributed by atoms with Crippen molar-refractivity contribution < 1.29 is 32.3 Å². The first-order valence-electron chi connectivity index (χ1n) is 10.6. The van der Waals surface area contributed by atoms with E-state index in [9.17, 15) is 22.8 Å². The number of carbonyl (C=O) groups excluding carboxylic acids is 1. The minimum absolute atomic E-state index is 0.0212. The second-order valence-electron chi connectivity index (χ2n) is 7.88. The molecule has 0 heterocycles. The van der Waals surface area contributed by atoms with Gasteiger partial charge in [0.25, 0.3) is 5.91 Å². The van der Waals surface area contributed by atoms with Crippen LogP contribution in [0.4, 0.5) is 4.39 Å². The maximum atomic E-state index is 13.6. The van der Waals surface area contributed by atoms with E-state index < -0.39 is 28.6 Å². The van der Waals surface area contributed by atoms with Crippen LogP contribution in [0.25, 0.3) is 0 Å². The molecular weight excluding hydrogens is 451 g/mol. The van der Waals surface area contributed by atoms with Crippen molar-refractivity contribution in [3.63, 3.8) is 0 Å². The zero-order valence-corrected chi connectivity index (χ0v) is 19.8. The molecule has 2 aromatic rings. The zero-order valence-electron chi connectivity index (χ0n) is 19.0. The van der Waals surface area contributed by atoms with Crippen molar-refractivity contribution in [1.82, 2.24) is 9.79 Å². The molecule has 1 atom stereocenters. The van der Waals surface area contributed by atoms with Gasteiger partial charge in [-0.05, 0) is 54.3 Å². The summed E-state index contributed by atoms with van der Waals surface area (Å²) in [6.07, 6.45) is 0.440. The van der Waals surface area contributed by atoms with Gasteiger partial charge < -0.3 is 9.47 Å². The van der Waals surface area contributed by atoms with Crippen molar-refractivity contribution >= 4 is 15.9 Å². The summed E-state index contributed by atoms with van der Waals surface area (Å²) in [5, 5.41) is 9.30. The molecule has 0 saturated heterocycles. The summed E-state index contributed by atoms with van der Waals surface area (Å²) >= 11 is 0. The predicted octanol–water partition coefficient (Wildman–Crippen LogP) is 3.54. The molecule has 10 heteroatoms. The molecule has 1 amide bonds. The van der Waals surface area contributed by atoms with Crippen LogP contribution >= 0.6 is 0 Å². The van der Waals surface area contributed by atoms with Crippen LogP contribution in [0.2, 0.25) is 0 Å². The summed E-state index contributed by atoms with van der Waals surface area (Å²) in [5.74, 6) is 0.193. The number of nitrogens with zero attached hydrogens (tertiary/aromatic N) is 1. The molecule has 2 aromatic carbocycles. The van der Waals surface area contributed by atoms with Crippen LogP contribution in [-0.4, -0.2) is 50.3 Å². The molecule has 0 fully saturated rings. The smallest absolute Gasteiger partial charge is 0.261 e. The Hall–Kier alpha value is -2.69. The fraction of sp³-hybridized carbons (Fsp3) is 0.435. The fourth-order valence-corrected chi connectivity index (χ4v) is 4.82. The van der Waals surface area contributed by atoms with Crippen molar-refractivity contribution in [2.75, 3.05) is 20.4 Å². The number of halogens is 1. The van der Waals surface area contributed by atoms with Gasteiger partial charge in [-0.25, -0.2) is 13.9 Å². The van der Waals surface area contributed by atoms with E-state index in [1.807, 2.05) is 13.8 Å². The van der Waals surface area contributed by atoms with E-state index >= 15 is 0 Å². The van der Waals surface area contributed by atoms with E-state index in [1.54, 1.807) is 29.7 Å². The molecule has 0 bridgehead atoms. The molecule has 0 radical (unpaired) electrons. The Morgan fingerprint density at radius 3 is 2.21 bits per heavy atom. The molecule has 2 rings (SSSR count). The Labute approximate surface area is 194 Å². The van der Waals surface area contributed by atoms with Crippen LogP contribution in [-0.2, 0) is 21.4 Å². The Bertz CT molecular complexity index is 981. The lowest BCUT2D eigenvalue weighted by Gasteiger charge is -2.30. The second-order valence-corrected chi connectivity index (χ2v) is 9.77. The number of ether oxygens (including phenoxy) is 2. The van der Waals surface area contributed by atoms with Crippen LogP contribution in [0.5, 0.6) is 11.5 Å². The molecule has 0 unspecified atom stereocenters. The number of hydrogen-bond acceptors (Lipinski definition) is 6. The highest BCUT2D eigenvalue weighted by Crippen LogP contribution is 2.27. The van der Waals surface area contributed by atoms with E-state index in [0.717, 1.165) is 4.31 Å². The van der Waals surface area contributed by atoms with Gasteiger partial charge in [0.2, 0.25) is 10.0 Å². The Balaban J connectivity index is 2.43. The summed E-state index contributed by atoms with van der Waals surface area (Å²) in [6, 6.07) is 11.4. The third-order valence-electron chi connectivity index (χ3n) is 4.93. The van der Waals surface area contributed by atoms with Crippen molar-refractivity contribution in [1.29, 1.82) is 0 Å². The average molecular weight is 483 g/mol. The first-order chi connectivity index (χ1) is 15.7. The van der Waals surface area contributed by atoms with E-state index in [-0.39, 0.29) is 36.8 Å². The first-order valence-corrected chi connectivity index (χ1v) is 12.0. The van der Waals surface area contributed by atoms with E-state index in [0.29, 0.717) is 17.1 Å². The first kappa shape index (κ1) is 26.6. The molecule has 2 N–H and O–H groups in total. The highest BCUT2D eigenvalue weighted by atomic mass is 32.2. The van der Waals surface area contributed by atoms with Crippen molar-refractivity contribution in [3.05, 3.63) is 54.1 Å². The Kier molecular flexibility index (Phi) is 10.1. The number of alkyl halides is 1. The van der Waals surface area contributed by atoms with Crippen LogP contribution in [0.15, 0.2) is 53.4 Å². The monoisotopic (exact) mass is 482 g/mol. The summed E-state index contributed by atoms with van der Waals surface area (Å²) in [7, 11) is -2.61. The van der Waals surface area contributed by atoms with E-state index in [2.05, 4.69) is 0 Å². The molecular formula is C23H31FN2O6S. The standard InChI is InChI=1S/C23H31FN2O6S/c1-17(2)15-22(23(27)25-28)26(16-18-5-7-19(31-3)8-6-18)33(29,30)21-11-9-20(10-12-21)32-14-4-13-24/h5-12,17,22,28H,4,13-16H2,1-3H3,(H,25,27)/t22-/m1/s1. The number of nitrogens with one attached hydrogen (secondary N) is 1. The lowest BCUT2D eigenvalue weighted by molar-refractivity contribution is -0.133. The van der Waals surface area contributed by atoms with Gasteiger partial charge in [0, 0.05) is 13.0 Å². The summed E-state index contributed by atoms with van der Waals surface area (Å²) < 4.78 is 51.1. The lowest BCUT2D eigenvalue weighted by Crippen LogP contribution is -2.49.